The van der Waals surface area contributed by atoms with Gasteiger partial charge in [-0.1, -0.05) is 0 Å². The predicted octanol–water partition coefficient (Wildman–Crippen LogP) is 3.95. The Morgan fingerprint density at radius 3 is 2.88 bits per heavy atom. The second kappa shape index (κ2) is 9.44. The summed E-state index contributed by atoms with van der Waals surface area (Å²) in [6.45, 7) is 2.82. The molecule has 3 aromatic heterocycles. The van der Waals surface area contributed by atoms with E-state index in [1.807, 2.05) is 0 Å². The van der Waals surface area contributed by atoms with Gasteiger partial charge in [0.2, 0.25) is 5.95 Å². The van der Waals surface area contributed by atoms with Gasteiger partial charge in [0.1, 0.15) is 17.9 Å². The van der Waals surface area contributed by atoms with Crippen LogP contribution in [0, 0.1) is 0 Å². The first-order valence-corrected chi connectivity index (χ1v) is 10.6. The number of alkyl halides is 4. The molecule has 1 fully saturated rings. The van der Waals surface area contributed by atoms with Crippen molar-refractivity contribution < 1.29 is 31.8 Å². The third-order valence-electron chi connectivity index (χ3n) is 5.22. The molecule has 1 aliphatic rings. The molecular weight excluding hydrogens is 462 g/mol. The molecule has 0 spiro atoms. The Morgan fingerprint density at radius 1 is 1.35 bits per heavy atom. The molecule has 3 N–H and O–H groups in total. The molecule has 3 aromatic rings. The van der Waals surface area contributed by atoms with E-state index in [1.165, 1.54) is 22.9 Å². The highest BCUT2D eigenvalue weighted by Gasteiger charge is 2.41. The number of ether oxygens (including phenoxy) is 2. The number of hydrogen-bond donors (Lipinski definition) is 3. The van der Waals surface area contributed by atoms with E-state index in [9.17, 15) is 22.4 Å². The summed E-state index contributed by atoms with van der Waals surface area (Å²) in [4.78, 5) is 20.0. The van der Waals surface area contributed by atoms with Gasteiger partial charge in [0.05, 0.1) is 12.3 Å². The number of alkyl carbamates (subject to hydrolysis) is 1. The van der Waals surface area contributed by atoms with E-state index in [0.717, 1.165) is 0 Å². The van der Waals surface area contributed by atoms with Crippen LogP contribution < -0.4 is 10.6 Å². The number of aromatic nitrogens is 5. The minimum Gasteiger partial charge on any atom is -0.443 e. The lowest BCUT2D eigenvalue weighted by Crippen LogP contribution is -2.36. The van der Waals surface area contributed by atoms with Gasteiger partial charge in [-0.25, -0.2) is 19.2 Å². The molecular formula is C20H23F4N7O3. The monoisotopic (exact) mass is 485 g/mol. The van der Waals surface area contributed by atoms with Gasteiger partial charge in [-0.05, 0) is 32.8 Å². The maximum atomic E-state index is 14.9. The molecule has 0 aliphatic heterocycles. The maximum absolute atomic E-state index is 14.9. The average molecular weight is 485 g/mol. The predicted molar refractivity (Wildman–Crippen MR) is 111 cm³/mol. The highest BCUT2D eigenvalue weighted by Crippen LogP contribution is 2.38. The van der Waals surface area contributed by atoms with E-state index in [0.29, 0.717) is 30.0 Å². The van der Waals surface area contributed by atoms with Crippen LogP contribution in [0.3, 0.4) is 0 Å². The number of carbonyl (C=O) groups is 1. The van der Waals surface area contributed by atoms with E-state index in [1.54, 1.807) is 19.9 Å². The number of halogens is 4. The molecule has 1 amide bonds. The van der Waals surface area contributed by atoms with E-state index in [2.05, 4.69) is 35.5 Å². The minimum absolute atomic E-state index is 0.0647. The molecule has 10 nitrogen and oxygen atoms in total. The van der Waals surface area contributed by atoms with E-state index >= 15 is 0 Å². The number of H-pyrrole nitrogens is 1. The second-order valence-corrected chi connectivity index (χ2v) is 8.17. The SMILES string of the molecule is CC(C)NC(=O)O[C@H]1CC[C@@H](c2cc(Nc3nccc4nc(COC(F)(F)F)cn34)n[nH]2)[C@H]1F. The van der Waals surface area contributed by atoms with Gasteiger partial charge in [0, 0.05) is 36.1 Å². The van der Waals surface area contributed by atoms with Crippen LogP contribution in [0.2, 0.25) is 0 Å². The number of nitrogens with zero attached hydrogens (tertiary/aromatic N) is 4. The Morgan fingerprint density at radius 2 is 2.15 bits per heavy atom. The van der Waals surface area contributed by atoms with Crippen LogP contribution in [0.15, 0.2) is 24.5 Å². The molecule has 14 heteroatoms. The van der Waals surface area contributed by atoms with Crippen LogP contribution >= 0.6 is 0 Å². The molecule has 0 saturated heterocycles. The molecule has 0 bridgehead atoms. The van der Waals surface area contributed by atoms with E-state index in [-0.39, 0.29) is 17.7 Å². The zero-order valence-corrected chi connectivity index (χ0v) is 18.3. The van der Waals surface area contributed by atoms with Crippen molar-refractivity contribution >= 4 is 23.5 Å². The summed E-state index contributed by atoms with van der Waals surface area (Å²) in [5.41, 5.74) is 0.936. The van der Waals surface area contributed by atoms with Crippen LogP contribution in [0.25, 0.3) is 5.65 Å². The largest absolute Gasteiger partial charge is 0.522 e. The summed E-state index contributed by atoms with van der Waals surface area (Å²) in [7, 11) is 0. The number of carbonyl (C=O) groups excluding carboxylic acids is 1. The fourth-order valence-electron chi connectivity index (χ4n) is 3.77. The number of nitrogens with one attached hydrogen (secondary N) is 3. The molecule has 0 unspecified atom stereocenters. The van der Waals surface area contributed by atoms with Crippen molar-refractivity contribution in [1.29, 1.82) is 0 Å². The Hall–Kier alpha value is -3.42. The third kappa shape index (κ3) is 5.55. The lowest BCUT2D eigenvalue weighted by molar-refractivity contribution is -0.330. The highest BCUT2D eigenvalue weighted by atomic mass is 19.4. The normalized spacial score (nSPS) is 20.7. The number of imidazole rings is 1. The van der Waals surface area contributed by atoms with Crippen molar-refractivity contribution in [2.24, 2.45) is 0 Å². The molecule has 0 aromatic carbocycles. The van der Waals surface area contributed by atoms with Crippen molar-refractivity contribution in [3.63, 3.8) is 0 Å². The molecule has 3 heterocycles. The molecule has 1 saturated carbocycles. The first-order valence-electron chi connectivity index (χ1n) is 10.6. The van der Waals surface area contributed by atoms with Gasteiger partial charge < -0.3 is 15.4 Å². The Bertz CT molecular complexity index is 1150. The first kappa shape index (κ1) is 23.7. The topological polar surface area (TPSA) is 118 Å². The number of aromatic amines is 1. The molecule has 3 atom stereocenters. The zero-order chi connectivity index (χ0) is 24.5. The number of fused-ring (bicyclic) bond motifs is 1. The summed E-state index contributed by atoms with van der Waals surface area (Å²) >= 11 is 0. The molecule has 184 valence electrons. The lowest BCUT2D eigenvalue weighted by Gasteiger charge is -2.18. The van der Waals surface area contributed by atoms with Crippen molar-refractivity contribution in [3.8, 4) is 0 Å². The smallest absolute Gasteiger partial charge is 0.443 e. The fourth-order valence-corrected chi connectivity index (χ4v) is 3.77. The van der Waals surface area contributed by atoms with Gasteiger partial charge in [-0.3, -0.25) is 14.2 Å². The summed E-state index contributed by atoms with van der Waals surface area (Å²) < 4.78 is 62.4. The van der Waals surface area contributed by atoms with Gasteiger partial charge in [0.25, 0.3) is 0 Å². The maximum Gasteiger partial charge on any atom is 0.522 e. The standard InChI is InChI=1S/C20H23F4N7O3/c1-10(2)26-19(32)34-14-4-3-12(17(14)21)13-7-15(30-29-13)28-18-25-6-5-16-27-11(8-31(16)18)9-33-20(22,23)24/h5-8,10,12,14,17H,3-4,9H2,1-2H3,(H,26,32)(H2,25,28,29,30)/t12-,14-,17+/m0/s1. The Kier molecular flexibility index (Phi) is 6.59. The van der Waals surface area contributed by atoms with E-state index in [4.69, 9.17) is 4.74 Å². The summed E-state index contributed by atoms with van der Waals surface area (Å²) in [5.74, 6) is 0.0324. The summed E-state index contributed by atoms with van der Waals surface area (Å²) in [6, 6.07) is 3.02. The van der Waals surface area contributed by atoms with Gasteiger partial charge >= 0.3 is 12.5 Å². The summed E-state index contributed by atoms with van der Waals surface area (Å²) in [5, 5.41) is 12.4. The van der Waals surface area contributed by atoms with Crippen molar-refractivity contribution in [3.05, 3.63) is 35.9 Å². The van der Waals surface area contributed by atoms with Crippen molar-refractivity contribution in [2.45, 2.75) is 63.9 Å². The van der Waals surface area contributed by atoms with Crippen molar-refractivity contribution in [1.82, 2.24) is 29.9 Å². The second-order valence-electron chi connectivity index (χ2n) is 8.17. The highest BCUT2D eigenvalue weighted by molar-refractivity contribution is 5.67. The van der Waals surface area contributed by atoms with Crippen LogP contribution in [0.1, 0.15) is 44.0 Å². The van der Waals surface area contributed by atoms with Gasteiger partial charge in [-0.2, -0.15) is 5.10 Å². The van der Waals surface area contributed by atoms with Crippen LogP contribution in [-0.4, -0.2) is 55.3 Å². The fraction of sp³-hybridized carbons (Fsp3) is 0.500. The van der Waals surface area contributed by atoms with Crippen LogP contribution in [0.4, 0.5) is 34.1 Å². The number of anilines is 2. The average Bonchev–Trinajstić information content (AvgIpc) is 3.45. The number of amides is 1. The minimum atomic E-state index is -4.77. The van der Waals surface area contributed by atoms with Crippen molar-refractivity contribution in [2.75, 3.05) is 5.32 Å². The third-order valence-corrected chi connectivity index (χ3v) is 5.22. The first-order chi connectivity index (χ1) is 16.1. The molecule has 4 rings (SSSR count). The molecule has 0 radical (unpaired) electrons. The van der Waals surface area contributed by atoms with Gasteiger partial charge in [-0.15, -0.1) is 13.2 Å². The Balaban J connectivity index is 1.43. The zero-order valence-electron chi connectivity index (χ0n) is 18.3. The number of rotatable bonds is 7. The quantitative estimate of drug-likeness (QED) is 0.434. The number of hydrogen-bond acceptors (Lipinski definition) is 7. The van der Waals surface area contributed by atoms with E-state index < -0.39 is 37.3 Å². The van der Waals surface area contributed by atoms with Gasteiger partial charge in [0.15, 0.2) is 5.82 Å². The molecule has 1 aliphatic carbocycles. The summed E-state index contributed by atoms with van der Waals surface area (Å²) in [6.07, 6.45) is -4.06. The van der Waals surface area contributed by atoms with Crippen LogP contribution in [-0.2, 0) is 16.1 Å². The Labute approximate surface area is 191 Å². The molecule has 34 heavy (non-hydrogen) atoms. The van der Waals surface area contributed by atoms with Crippen LogP contribution in [0.5, 0.6) is 0 Å². The lowest BCUT2D eigenvalue weighted by atomic mass is 10.0.